The molecule has 13 heavy (non-hydrogen) atoms. The first-order valence-electron chi connectivity index (χ1n) is 4.80. The molecule has 1 saturated heterocycles. The molecule has 1 atom stereocenters. The normalized spacial score (nSPS) is 23.0. The summed E-state index contributed by atoms with van der Waals surface area (Å²) in [4.78, 5) is 0. The lowest BCUT2D eigenvalue weighted by Gasteiger charge is -2.23. The van der Waals surface area contributed by atoms with Crippen LogP contribution in [0, 0.1) is 0 Å². The Kier molecular flexibility index (Phi) is 2.49. The van der Waals surface area contributed by atoms with Gasteiger partial charge in [-0.1, -0.05) is 0 Å². The zero-order chi connectivity index (χ0) is 9.10. The van der Waals surface area contributed by atoms with Crippen LogP contribution in [0.2, 0.25) is 0 Å². The molecule has 72 valence electrons. The molecule has 0 spiro atoms. The summed E-state index contributed by atoms with van der Waals surface area (Å²) in [5.41, 5.74) is 1.12. The molecule has 1 aliphatic heterocycles. The highest BCUT2D eigenvalue weighted by Crippen LogP contribution is 2.10. The molecular weight excluding hydrogens is 164 g/mol. The van der Waals surface area contributed by atoms with Crippen molar-refractivity contribution in [3.63, 3.8) is 0 Å². The molecule has 1 aromatic heterocycles. The van der Waals surface area contributed by atoms with E-state index in [-0.39, 0.29) is 0 Å². The van der Waals surface area contributed by atoms with Crippen molar-refractivity contribution >= 4 is 5.69 Å². The Morgan fingerprint density at radius 2 is 2.62 bits per heavy atom. The number of piperidine rings is 1. The molecule has 0 bridgehead atoms. The maximum absolute atomic E-state index is 4.12. The fourth-order valence-corrected chi connectivity index (χ4v) is 1.71. The van der Waals surface area contributed by atoms with Gasteiger partial charge in [0.2, 0.25) is 0 Å². The van der Waals surface area contributed by atoms with E-state index in [1.807, 2.05) is 24.1 Å². The highest BCUT2D eigenvalue weighted by molar-refractivity contribution is 5.39. The van der Waals surface area contributed by atoms with Crippen LogP contribution in [0.25, 0.3) is 0 Å². The molecule has 4 heteroatoms. The van der Waals surface area contributed by atoms with Crippen molar-refractivity contribution in [1.29, 1.82) is 0 Å². The first-order valence-corrected chi connectivity index (χ1v) is 4.80. The third-order valence-electron chi connectivity index (χ3n) is 2.37. The second kappa shape index (κ2) is 3.79. The van der Waals surface area contributed by atoms with E-state index >= 15 is 0 Å². The van der Waals surface area contributed by atoms with E-state index < -0.39 is 0 Å². The third-order valence-corrected chi connectivity index (χ3v) is 2.37. The molecule has 1 aliphatic rings. The predicted octanol–water partition coefficient (Wildman–Crippen LogP) is 0.584. The maximum Gasteiger partial charge on any atom is 0.0728 e. The Bertz CT molecular complexity index is 262. The minimum Gasteiger partial charge on any atom is -0.378 e. The standard InChI is InChI=1S/C9H16N4/c1-13-7-9(6-11-13)12-8-3-2-4-10-5-8/h6-8,10,12H,2-5H2,1H3. The summed E-state index contributed by atoms with van der Waals surface area (Å²) < 4.78 is 1.82. The summed E-state index contributed by atoms with van der Waals surface area (Å²) in [6, 6.07) is 0.568. The van der Waals surface area contributed by atoms with Gasteiger partial charge in [0.15, 0.2) is 0 Å². The summed E-state index contributed by atoms with van der Waals surface area (Å²) in [7, 11) is 1.93. The van der Waals surface area contributed by atoms with Gasteiger partial charge in [0.05, 0.1) is 11.9 Å². The van der Waals surface area contributed by atoms with Gasteiger partial charge in [0.25, 0.3) is 0 Å². The number of anilines is 1. The van der Waals surface area contributed by atoms with Gasteiger partial charge >= 0.3 is 0 Å². The summed E-state index contributed by atoms with van der Waals surface area (Å²) in [6.07, 6.45) is 6.39. The van der Waals surface area contributed by atoms with Crippen molar-refractivity contribution in [1.82, 2.24) is 15.1 Å². The van der Waals surface area contributed by atoms with Crippen LogP contribution in [0.3, 0.4) is 0 Å². The fraction of sp³-hybridized carbons (Fsp3) is 0.667. The first-order chi connectivity index (χ1) is 6.34. The summed E-state index contributed by atoms with van der Waals surface area (Å²) in [5, 5.41) is 10.9. The average Bonchev–Trinajstić information content (AvgIpc) is 2.53. The van der Waals surface area contributed by atoms with Crippen LogP contribution in [0.4, 0.5) is 5.69 Å². The van der Waals surface area contributed by atoms with E-state index in [9.17, 15) is 0 Å². The minimum atomic E-state index is 0.568. The van der Waals surface area contributed by atoms with Crippen LogP contribution in [-0.4, -0.2) is 28.9 Å². The van der Waals surface area contributed by atoms with Crippen LogP contribution in [0.15, 0.2) is 12.4 Å². The fourth-order valence-electron chi connectivity index (χ4n) is 1.71. The lowest BCUT2D eigenvalue weighted by atomic mass is 10.1. The molecule has 2 heterocycles. The van der Waals surface area contributed by atoms with Gasteiger partial charge in [-0.2, -0.15) is 5.10 Å². The first kappa shape index (κ1) is 8.56. The molecule has 2 N–H and O–H groups in total. The molecule has 0 aromatic carbocycles. The molecule has 0 aliphatic carbocycles. The van der Waals surface area contributed by atoms with E-state index in [0.29, 0.717) is 6.04 Å². The third kappa shape index (κ3) is 2.21. The molecular formula is C9H16N4. The number of rotatable bonds is 2. The van der Waals surface area contributed by atoms with Crippen molar-refractivity contribution in [2.75, 3.05) is 18.4 Å². The number of hydrogen-bond donors (Lipinski definition) is 2. The van der Waals surface area contributed by atoms with Gasteiger partial charge in [0, 0.05) is 25.8 Å². The van der Waals surface area contributed by atoms with Crippen molar-refractivity contribution in [2.45, 2.75) is 18.9 Å². The van der Waals surface area contributed by atoms with E-state index in [0.717, 1.165) is 18.8 Å². The SMILES string of the molecule is Cn1cc(NC2CCCNC2)cn1. The lowest BCUT2D eigenvalue weighted by Crippen LogP contribution is -2.38. The lowest BCUT2D eigenvalue weighted by molar-refractivity contribution is 0.480. The Hall–Kier alpha value is -1.03. The van der Waals surface area contributed by atoms with Crippen LogP contribution in [0.5, 0.6) is 0 Å². The molecule has 0 amide bonds. The van der Waals surface area contributed by atoms with Gasteiger partial charge in [-0.25, -0.2) is 0 Å². The van der Waals surface area contributed by atoms with Gasteiger partial charge in [-0.15, -0.1) is 0 Å². The molecule has 1 fully saturated rings. The number of nitrogens with zero attached hydrogens (tertiary/aromatic N) is 2. The largest absolute Gasteiger partial charge is 0.378 e. The highest BCUT2D eigenvalue weighted by atomic mass is 15.3. The number of aromatic nitrogens is 2. The molecule has 1 aromatic rings. The number of aryl methyl sites for hydroxylation is 1. The van der Waals surface area contributed by atoms with Crippen molar-refractivity contribution in [3.8, 4) is 0 Å². The quantitative estimate of drug-likeness (QED) is 0.699. The van der Waals surface area contributed by atoms with Crippen LogP contribution < -0.4 is 10.6 Å². The zero-order valence-corrected chi connectivity index (χ0v) is 7.95. The van der Waals surface area contributed by atoms with Crippen LogP contribution in [0.1, 0.15) is 12.8 Å². The minimum absolute atomic E-state index is 0.568. The number of hydrogen-bond acceptors (Lipinski definition) is 3. The Morgan fingerprint density at radius 3 is 3.23 bits per heavy atom. The summed E-state index contributed by atoms with van der Waals surface area (Å²) in [5.74, 6) is 0. The van der Waals surface area contributed by atoms with Crippen molar-refractivity contribution in [2.24, 2.45) is 7.05 Å². The Balaban J connectivity index is 1.89. The maximum atomic E-state index is 4.12. The Labute approximate surface area is 78.3 Å². The van der Waals surface area contributed by atoms with E-state index in [1.165, 1.54) is 12.8 Å². The second-order valence-corrected chi connectivity index (χ2v) is 3.59. The predicted molar refractivity (Wildman–Crippen MR) is 52.7 cm³/mol. The smallest absolute Gasteiger partial charge is 0.0728 e. The second-order valence-electron chi connectivity index (χ2n) is 3.59. The summed E-state index contributed by atoms with van der Waals surface area (Å²) in [6.45, 7) is 2.22. The molecule has 1 unspecified atom stereocenters. The molecule has 0 radical (unpaired) electrons. The van der Waals surface area contributed by atoms with Gasteiger partial charge in [-0.05, 0) is 19.4 Å². The van der Waals surface area contributed by atoms with Crippen molar-refractivity contribution in [3.05, 3.63) is 12.4 Å². The van der Waals surface area contributed by atoms with Crippen LogP contribution in [-0.2, 0) is 7.05 Å². The van der Waals surface area contributed by atoms with Crippen molar-refractivity contribution < 1.29 is 0 Å². The highest BCUT2D eigenvalue weighted by Gasteiger charge is 2.12. The van der Waals surface area contributed by atoms with Gasteiger partial charge in [0.1, 0.15) is 0 Å². The monoisotopic (exact) mass is 180 g/mol. The molecule has 4 nitrogen and oxygen atoms in total. The van der Waals surface area contributed by atoms with Gasteiger partial charge in [-0.3, -0.25) is 4.68 Å². The molecule has 0 saturated carbocycles. The number of nitrogens with one attached hydrogen (secondary N) is 2. The topological polar surface area (TPSA) is 41.9 Å². The van der Waals surface area contributed by atoms with E-state index in [2.05, 4.69) is 15.7 Å². The van der Waals surface area contributed by atoms with Gasteiger partial charge < -0.3 is 10.6 Å². The zero-order valence-electron chi connectivity index (χ0n) is 7.95. The van der Waals surface area contributed by atoms with E-state index in [4.69, 9.17) is 0 Å². The van der Waals surface area contributed by atoms with Crippen LogP contribution >= 0.6 is 0 Å². The Morgan fingerprint density at radius 1 is 1.69 bits per heavy atom. The molecule has 2 rings (SSSR count). The average molecular weight is 180 g/mol. The summed E-state index contributed by atoms with van der Waals surface area (Å²) >= 11 is 0. The van der Waals surface area contributed by atoms with E-state index in [1.54, 1.807) is 0 Å².